The van der Waals surface area contributed by atoms with E-state index in [1.165, 1.54) is 12.8 Å². The summed E-state index contributed by atoms with van der Waals surface area (Å²) >= 11 is 0. The minimum absolute atomic E-state index is 0.127. The fourth-order valence-electron chi connectivity index (χ4n) is 2.48. The molecular formula is C14H29N3O2. The van der Waals surface area contributed by atoms with Crippen LogP contribution in [-0.4, -0.2) is 63.3 Å². The molecule has 19 heavy (non-hydrogen) atoms. The van der Waals surface area contributed by atoms with Crippen LogP contribution in [0.25, 0.3) is 0 Å². The minimum atomic E-state index is 0.127. The first-order valence-corrected chi connectivity index (χ1v) is 7.47. The maximum Gasteiger partial charge on any atom is 0.234 e. The number of rotatable bonds is 10. The molecule has 0 aromatic rings. The largest absolute Gasteiger partial charge is 0.385 e. The van der Waals surface area contributed by atoms with Gasteiger partial charge in [0.05, 0.1) is 6.54 Å². The average Bonchev–Trinajstić information content (AvgIpc) is 2.88. The monoisotopic (exact) mass is 271 g/mol. The van der Waals surface area contributed by atoms with E-state index in [2.05, 4.69) is 22.5 Å². The van der Waals surface area contributed by atoms with Crippen LogP contribution in [0.2, 0.25) is 0 Å². The van der Waals surface area contributed by atoms with Gasteiger partial charge in [-0.3, -0.25) is 9.69 Å². The molecular weight excluding hydrogens is 242 g/mol. The lowest BCUT2D eigenvalue weighted by molar-refractivity contribution is -0.122. The van der Waals surface area contributed by atoms with Crippen molar-refractivity contribution in [3.63, 3.8) is 0 Å². The molecule has 0 saturated carbocycles. The van der Waals surface area contributed by atoms with E-state index >= 15 is 0 Å². The summed E-state index contributed by atoms with van der Waals surface area (Å²) in [6, 6.07) is 0.563. The van der Waals surface area contributed by atoms with Gasteiger partial charge in [0.2, 0.25) is 5.91 Å². The molecule has 0 aliphatic carbocycles. The first-order chi connectivity index (χ1) is 9.26. The van der Waals surface area contributed by atoms with Gasteiger partial charge in [0, 0.05) is 32.8 Å². The molecule has 1 aliphatic heterocycles. The molecule has 0 aromatic heterocycles. The topological polar surface area (TPSA) is 53.6 Å². The van der Waals surface area contributed by atoms with Gasteiger partial charge < -0.3 is 15.4 Å². The van der Waals surface area contributed by atoms with Crippen LogP contribution in [0.3, 0.4) is 0 Å². The zero-order valence-electron chi connectivity index (χ0n) is 12.4. The molecule has 1 fully saturated rings. The van der Waals surface area contributed by atoms with Crippen LogP contribution in [0.1, 0.15) is 32.6 Å². The first-order valence-electron chi connectivity index (χ1n) is 7.47. The summed E-state index contributed by atoms with van der Waals surface area (Å²) in [4.78, 5) is 14.1. The van der Waals surface area contributed by atoms with Crippen molar-refractivity contribution in [2.24, 2.45) is 0 Å². The van der Waals surface area contributed by atoms with Gasteiger partial charge in [0.25, 0.3) is 0 Å². The Kier molecular flexibility index (Phi) is 8.79. The summed E-state index contributed by atoms with van der Waals surface area (Å²) in [5.41, 5.74) is 0. The number of carbonyl (C=O) groups is 1. The number of ether oxygens (including phenoxy) is 1. The summed E-state index contributed by atoms with van der Waals surface area (Å²) < 4.78 is 4.96. The quantitative estimate of drug-likeness (QED) is 0.572. The molecule has 1 saturated heterocycles. The Labute approximate surface area is 117 Å². The van der Waals surface area contributed by atoms with Gasteiger partial charge in [0.15, 0.2) is 0 Å². The lowest BCUT2D eigenvalue weighted by Gasteiger charge is -2.24. The Balaban J connectivity index is 2.20. The van der Waals surface area contributed by atoms with Gasteiger partial charge in [-0.25, -0.2) is 0 Å². The summed E-state index contributed by atoms with van der Waals surface area (Å²) in [7, 11) is 1.68. The summed E-state index contributed by atoms with van der Waals surface area (Å²) in [6.45, 7) is 7.17. The van der Waals surface area contributed by atoms with E-state index < -0.39 is 0 Å². The van der Waals surface area contributed by atoms with E-state index in [1.54, 1.807) is 7.11 Å². The Hall–Kier alpha value is -0.650. The van der Waals surface area contributed by atoms with Crippen molar-refractivity contribution in [2.75, 3.05) is 46.4 Å². The van der Waals surface area contributed by atoms with Crippen LogP contribution in [0, 0.1) is 0 Å². The number of methoxy groups -OCH3 is 1. The molecule has 1 amide bonds. The molecule has 1 unspecified atom stereocenters. The van der Waals surface area contributed by atoms with Gasteiger partial charge in [-0.15, -0.1) is 0 Å². The maximum atomic E-state index is 11.9. The summed E-state index contributed by atoms with van der Waals surface area (Å²) in [5.74, 6) is 0.127. The standard InChI is InChI=1S/C14H29N3O2/c1-3-9-17(11-13-6-4-7-15-13)12-14(18)16-8-5-10-19-2/h13,15H,3-12H2,1-2H3,(H,16,18). The predicted molar refractivity (Wildman–Crippen MR) is 77.3 cm³/mol. The highest BCUT2D eigenvalue weighted by Gasteiger charge is 2.18. The first kappa shape index (κ1) is 16.4. The van der Waals surface area contributed by atoms with Gasteiger partial charge in [-0.1, -0.05) is 6.92 Å². The molecule has 2 N–H and O–H groups in total. The molecule has 1 rings (SSSR count). The number of hydrogen-bond donors (Lipinski definition) is 2. The maximum absolute atomic E-state index is 11.9. The second-order valence-electron chi connectivity index (χ2n) is 5.22. The molecule has 5 heteroatoms. The van der Waals surface area contributed by atoms with Gasteiger partial charge in [-0.2, -0.15) is 0 Å². The van der Waals surface area contributed by atoms with Crippen LogP contribution in [0.4, 0.5) is 0 Å². The number of hydrogen-bond acceptors (Lipinski definition) is 4. The molecule has 0 bridgehead atoms. The number of carbonyl (C=O) groups excluding carboxylic acids is 1. The zero-order valence-corrected chi connectivity index (χ0v) is 12.4. The van der Waals surface area contributed by atoms with Crippen molar-refractivity contribution >= 4 is 5.91 Å². The fraction of sp³-hybridized carbons (Fsp3) is 0.929. The highest BCUT2D eigenvalue weighted by atomic mass is 16.5. The Morgan fingerprint density at radius 3 is 3.00 bits per heavy atom. The van der Waals surface area contributed by atoms with Gasteiger partial charge in [0.1, 0.15) is 0 Å². The van der Waals surface area contributed by atoms with E-state index in [9.17, 15) is 4.79 Å². The third-order valence-corrected chi connectivity index (χ3v) is 3.40. The van der Waals surface area contributed by atoms with E-state index in [1.807, 2.05) is 0 Å². The van der Waals surface area contributed by atoms with E-state index in [4.69, 9.17) is 4.74 Å². The second-order valence-corrected chi connectivity index (χ2v) is 5.22. The molecule has 1 heterocycles. The smallest absolute Gasteiger partial charge is 0.234 e. The highest BCUT2D eigenvalue weighted by Crippen LogP contribution is 2.07. The van der Waals surface area contributed by atoms with Crippen molar-refractivity contribution in [2.45, 2.75) is 38.6 Å². The van der Waals surface area contributed by atoms with Crippen molar-refractivity contribution in [3.05, 3.63) is 0 Å². The third kappa shape index (κ3) is 7.50. The predicted octanol–water partition coefficient (Wildman–Crippen LogP) is 0.603. The minimum Gasteiger partial charge on any atom is -0.385 e. The van der Waals surface area contributed by atoms with Crippen molar-refractivity contribution < 1.29 is 9.53 Å². The van der Waals surface area contributed by atoms with Crippen molar-refractivity contribution in [1.82, 2.24) is 15.5 Å². The Morgan fingerprint density at radius 2 is 2.37 bits per heavy atom. The fourth-order valence-corrected chi connectivity index (χ4v) is 2.48. The van der Waals surface area contributed by atoms with Gasteiger partial charge in [-0.05, 0) is 38.8 Å². The van der Waals surface area contributed by atoms with Crippen LogP contribution in [0.5, 0.6) is 0 Å². The SMILES string of the molecule is CCCN(CC(=O)NCCCOC)CC1CCCN1. The molecule has 1 atom stereocenters. The van der Waals surface area contributed by atoms with Crippen LogP contribution in [-0.2, 0) is 9.53 Å². The molecule has 5 nitrogen and oxygen atoms in total. The molecule has 0 aromatic carbocycles. The van der Waals surface area contributed by atoms with Crippen LogP contribution in [0.15, 0.2) is 0 Å². The number of nitrogens with one attached hydrogen (secondary N) is 2. The zero-order chi connectivity index (χ0) is 13.9. The van der Waals surface area contributed by atoms with Crippen molar-refractivity contribution in [1.29, 1.82) is 0 Å². The molecule has 1 aliphatic rings. The van der Waals surface area contributed by atoms with E-state index in [0.29, 0.717) is 25.7 Å². The number of amides is 1. The molecule has 0 spiro atoms. The summed E-state index contributed by atoms with van der Waals surface area (Å²) in [6.07, 6.45) is 4.45. The Bertz CT molecular complexity index is 243. The van der Waals surface area contributed by atoms with Crippen LogP contribution >= 0.6 is 0 Å². The lowest BCUT2D eigenvalue weighted by Crippen LogP contribution is -2.43. The van der Waals surface area contributed by atoms with Crippen molar-refractivity contribution in [3.8, 4) is 0 Å². The normalized spacial score (nSPS) is 19.0. The van der Waals surface area contributed by atoms with Gasteiger partial charge >= 0.3 is 0 Å². The molecule has 112 valence electrons. The summed E-state index contributed by atoms with van der Waals surface area (Å²) in [5, 5.41) is 6.44. The highest BCUT2D eigenvalue weighted by molar-refractivity contribution is 5.77. The third-order valence-electron chi connectivity index (χ3n) is 3.40. The van der Waals surface area contributed by atoms with E-state index in [-0.39, 0.29) is 5.91 Å². The lowest BCUT2D eigenvalue weighted by atomic mass is 10.2. The molecule has 0 radical (unpaired) electrons. The van der Waals surface area contributed by atoms with Crippen LogP contribution < -0.4 is 10.6 Å². The second kappa shape index (κ2) is 10.2. The number of nitrogens with zero attached hydrogens (tertiary/aromatic N) is 1. The average molecular weight is 271 g/mol. The van der Waals surface area contributed by atoms with E-state index in [0.717, 1.165) is 32.5 Å². The Morgan fingerprint density at radius 1 is 1.53 bits per heavy atom.